The van der Waals surface area contributed by atoms with E-state index in [1.807, 2.05) is 11.8 Å². The Kier molecular flexibility index (Phi) is 5.78. The van der Waals surface area contributed by atoms with Crippen molar-refractivity contribution in [3.63, 3.8) is 0 Å². The van der Waals surface area contributed by atoms with E-state index in [4.69, 9.17) is 0 Å². The van der Waals surface area contributed by atoms with Crippen LogP contribution in [0.2, 0.25) is 0 Å². The van der Waals surface area contributed by atoms with Crippen LogP contribution >= 0.6 is 11.8 Å². The van der Waals surface area contributed by atoms with Crippen LogP contribution in [0.1, 0.15) is 45.4 Å². The number of hydrogen-bond acceptors (Lipinski definition) is 4. The molecule has 1 aliphatic heterocycles. The Bertz CT molecular complexity index is 430. The Hall–Kier alpha value is -0.230. The highest BCUT2D eigenvalue weighted by Gasteiger charge is 2.30. The average molecular weight is 319 g/mol. The fourth-order valence-electron chi connectivity index (χ4n) is 3.20. The van der Waals surface area contributed by atoms with Crippen LogP contribution in [0.15, 0.2) is 0 Å². The van der Waals surface area contributed by atoms with Gasteiger partial charge in [-0.3, -0.25) is 4.79 Å². The van der Waals surface area contributed by atoms with Crippen LogP contribution < -0.4 is 0 Å². The third-order valence-corrected chi connectivity index (χ3v) is 7.58. The highest BCUT2D eigenvalue weighted by atomic mass is 32.2. The molecule has 1 aliphatic carbocycles. The third kappa shape index (κ3) is 4.38. The molecule has 0 aromatic rings. The molecule has 6 heteroatoms. The molecule has 1 saturated heterocycles. The maximum Gasteiger partial charge on any atom is 0.232 e. The van der Waals surface area contributed by atoms with E-state index in [1.54, 1.807) is 0 Å². The van der Waals surface area contributed by atoms with Crippen molar-refractivity contribution in [2.45, 2.75) is 56.7 Å². The van der Waals surface area contributed by atoms with Gasteiger partial charge in [0.2, 0.25) is 5.91 Å². The van der Waals surface area contributed by atoms with Gasteiger partial charge in [-0.15, -0.1) is 11.8 Å². The van der Waals surface area contributed by atoms with Crippen LogP contribution in [0.4, 0.5) is 0 Å². The number of carbonyl (C=O) groups is 1. The van der Waals surface area contributed by atoms with Crippen LogP contribution in [0.25, 0.3) is 0 Å². The van der Waals surface area contributed by atoms with Gasteiger partial charge in [-0.05, 0) is 26.2 Å². The minimum atomic E-state index is -2.84. The smallest absolute Gasteiger partial charge is 0.232 e. The van der Waals surface area contributed by atoms with E-state index in [0.29, 0.717) is 24.0 Å². The van der Waals surface area contributed by atoms with Crippen LogP contribution in [0.3, 0.4) is 0 Å². The first kappa shape index (κ1) is 16.1. The van der Waals surface area contributed by atoms with Crippen molar-refractivity contribution in [2.24, 2.45) is 0 Å². The molecule has 0 radical (unpaired) electrons. The molecule has 20 heavy (non-hydrogen) atoms. The first-order valence-electron chi connectivity index (χ1n) is 7.63. The molecule has 0 bridgehead atoms. The van der Waals surface area contributed by atoms with Gasteiger partial charge in [0, 0.05) is 17.8 Å². The highest BCUT2D eigenvalue weighted by Crippen LogP contribution is 2.26. The summed E-state index contributed by atoms with van der Waals surface area (Å²) in [5.41, 5.74) is 0. The molecule has 1 amide bonds. The molecule has 2 fully saturated rings. The molecule has 2 rings (SSSR count). The van der Waals surface area contributed by atoms with Gasteiger partial charge in [-0.25, -0.2) is 8.42 Å². The van der Waals surface area contributed by atoms with E-state index in [1.165, 1.54) is 31.0 Å². The zero-order valence-electron chi connectivity index (χ0n) is 12.2. The van der Waals surface area contributed by atoms with Crippen LogP contribution in [-0.4, -0.2) is 54.3 Å². The van der Waals surface area contributed by atoms with E-state index in [9.17, 15) is 13.2 Å². The summed E-state index contributed by atoms with van der Waals surface area (Å²) in [6.45, 7) is 2.81. The maximum atomic E-state index is 12.3. The van der Waals surface area contributed by atoms with Crippen molar-refractivity contribution in [1.29, 1.82) is 0 Å². The lowest BCUT2D eigenvalue weighted by atomic mass is 9.94. The summed E-state index contributed by atoms with van der Waals surface area (Å²) >= 11 is 1.53. The Morgan fingerprint density at radius 2 is 1.90 bits per heavy atom. The van der Waals surface area contributed by atoms with Gasteiger partial charge in [-0.1, -0.05) is 19.3 Å². The Morgan fingerprint density at radius 3 is 2.45 bits per heavy atom. The van der Waals surface area contributed by atoms with Gasteiger partial charge >= 0.3 is 0 Å². The first-order chi connectivity index (χ1) is 9.52. The third-order valence-electron chi connectivity index (χ3n) is 4.31. The molecule has 116 valence electrons. The molecule has 1 atom stereocenters. The van der Waals surface area contributed by atoms with Crippen LogP contribution in [0, 0.1) is 0 Å². The molecule has 4 nitrogen and oxygen atoms in total. The lowest BCUT2D eigenvalue weighted by Gasteiger charge is -2.33. The molecule has 0 aromatic heterocycles. The summed E-state index contributed by atoms with van der Waals surface area (Å²) in [5.74, 6) is 1.16. The fraction of sp³-hybridized carbons (Fsp3) is 0.929. The minimum Gasteiger partial charge on any atom is -0.339 e. The molecular formula is C14H25NO3S2. The largest absolute Gasteiger partial charge is 0.339 e. The van der Waals surface area contributed by atoms with Gasteiger partial charge in [-0.2, -0.15) is 0 Å². The van der Waals surface area contributed by atoms with Gasteiger partial charge in [0.25, 0.3) is 0 Å². The molecular weight excluding hydrogens is 294 g/mol. The quantitative estimate of drug-likeness (QED) is 0.778. The standard InChI is InChI=1S/C14H25NO3S2/c1-2-15(12-6-4-3-5-7-12)14(16)10-19-13-8-9-20(17,18)11-13/h12-13H,2-11H2,1H3. The van der Waals surface area contributed by atoms with Crippen molar-refractivity contribution in [3.8, 4) is 0 Å². The number of amides is 1. The summed E-state index contributed by atoms with van der Waals surface area (Å²) in [6, 6.07) is 0.411. The number of rotatable bonds is 5. The normalized spacial score (nSPS) is 26.6. The van der Waals surface area contributed by atoms with Crippen molar-refractivity contribution < 1.29 is 13.2 Å². The van der Waals surface area contributed by atoms with Crippen molar-refractivity contribution >= 4 is 27.5 Å². The monoisotopic (exact) mass is 319 g/mol. The Balaban J connectivity index is 1.80. The molecule has 1 saturated carbocycles. The number of sulfone groups is 1. The molecule has 2 aliphatic rings. The van der Waals surface area contributed by atoms with E-state index < -0.39 is 9.84 Å². The average Bonchev–Trinajstić information content (AvgIpc) is 2.78. The lowest BCUT2D eigenvalue weighted by molar-refractivity contribution is -0.131. The minimum absolute atomic E-state index is 0.119. The molecule has 0 N–H and O–H groups in total. The summed E-state index contributed by atoms with van der Waals surface area (Å²) in [6.07, 6.45) is 6.70. The zero-order chi connectivity index (χ0) is 14.6. The molecule has 1 heterocycles. The number of thioether (sulfide) groups is 1. The lowest BCUT2D eigenvalue weighted by Crippen LogP contribution is -2.42. The maximum absolute atomic E-state index is 12.3. The summed E-state index contributed by atoms with van der Waals surface area (Å²) in [4.78, 5) is 14.4. The summed E-state index contributed by atoms with van der Waals surface area (Å²) in [7, 11) is -2.84. The second-order valence-electron chi connectivity index (χ2n) is 5.81. The first-order valence-corrected chi connectivity index (χ1v) is 10.5. The molecule has 1 unspecified atom stereocenters. The van der Waals surface area contributed by atoms with E-state index in [-0.39, 0.29) is 16.9 Å². The van der Waals surface area contributed by atoms with Crippen molar-refractivity contribution in [1.82, 2.24) is 4.90 Å². The van der Waals surface area contributed by atoms with Crippen molar-refractivity contribution in [3.05, 3.63) is 0 Å². The molecule has 0 spiro atoms. The van der Waals surface area contributed by atoms with E-state index >= 15 is 0 Å². The second kappa shape index (κ2) is 7.16. The predicted octanol–water partition coefficient (Wildman–Crippen LogP) is 2.09. The summed E-state index contributed by atoms with van der Waals surface area (Å²) < 4.78 is 22.8. The van der Waals surface area contributed by atoms with Gasteiger partial charge in [0.1, 0.15) is 0 Å². The topological polar surface area (TPSA) is 54.5 Å². The van der Waals surface area contributed by atoms with Crippen LogP contribution in [-0.2, 0) is 14.6 Å². The van der Waals surface area contributed by atoms with Gasteiger partial charge in [0.15, 0.2) is 9.84 Å². The van der Waals surface area contributed by atoms with E-state index in [0.717, 1.165) is 19.4 Å². The number of nitrogens with zero attached hydrogens (tertiary/aromatic N) is 1. The van der Waals surface area contributed by atoms with Gasteiger partial charge < -0.3 is 4.90 Å². The second-order valence-corrected chi connectivity index (χ2v) is 9.33. The van der Waals surface area contributed by atoms with Gasteiger partial charge in [0.05, 0.1) is 17.3 Å². The van der Waals surface area contributed by atoms with E-state index in [2.05, 4.69) is 0 Å². The van der Waals surface area contributed by atoms with Crippen molar-refractivity contribution in [2.75, 3.05) is 23.8 Å². The van der Waals surface area contributed by atoms with Crippen LogP contribution in [0.5, 0.6) is 0 Å². The zero-order valence-corrected chi connectivity index (χ0v) is 13.8. The SMILES string of the molecule is CCN(C(=O)CSC1CCS(=O)(=O)C1)C1CCCCC1. The Labute approximate surface area is 126 Å². The number of hydrogen-bond donors (Lipinski definition) is 0. The Morgan fingerprint density at radius 1 is 1.20 bits per heavy atom. The highest BCUT2D eigenvalue weighted by molar-refractivity contribution is 8.02. The fourth-order valence-corrected chi connectivity index (χ4v) is 6.72. The number of carbonyl (C=O) groups excluding carboxylic acids is 1. The summed E-state index contributed by atoms with van der Waals surface area (Å²) in [5, 5.41) is 0.119. The molecule has 0 aromatic carbocycles. The predicted molar refractivity (Wildman–Crippen MR) is 83.8 cm³/mol.